The van der Waals surface area contributed by atoms with Crippen molar-refractivity contribution in [1.82, 2.24) is 0 Å². The number of rotatable bonds is 6. The van der Waals surface area contributed by atoms with Crippen LogP contribution in [0.15, 0.2) is 72.8 Å². The van der Waals surface area contributed by atoms with Crippen LogP contribution in [0.25, 0.3) is 0 Å². The van der Waals surface area contributed by atoms with Crippen molar-refractivity contribution in [3.8, 4) is 5.75 Å². The first kappa shape index (κ1) is 19.8. The van der Waals surface area contributed by atoms with E-state index in [0.29, 0.717) is 22.6 Å². The number of benzene rings is 3. The highest BCUT2D eigenvalue weighted by molar-refractivity contribution is 6.14. The normalized spacial score (nSPS) is 10.3. The molecule has 0 aliphatic rings. The number of methoxy groups -OCH3 is 1. The minimum atomic E-state index is -1.16. The van der Waals surface area contributed by atoms with E-state index in [0.717, 1.165) is 0 Å². The minimum absolute atomic E-state index is 0.0478. The molecule has 0 spiro atoms. The molecule has 0 radical (unpaired) electrons. The molecule has 0 aromatic heterocycles. The molecule has 0 unspecified atom stereocenters. The van der Waals surface area contributed by atoms with Gasteiger partial charge in [-0.2, -0.15) is 0 Å². The smallest absolute Gasteiger partial charge is 0.336 e. The molecule has 0 aliphatic heterocycles. The van der Waals surface area contributed by atoms with Crippen molar-refractivity contribution in [3.05, 3.63) is 95.1 Å². The Morgan fingerprint density at radius 2 is 1.34 bits per heavy atom. The summed E-state index contributed by atoms with van der Waals surface area (Å²) in [6.07, 6.45) is 0. The van der Waals surface area contributed by atoms with Crippen LogP contribution in [0.3, 0.4) is 0 Å². The number of ketones is 1. The lowest BCUT2D eigenvalue weighted by molar-refractivity contribution is 0.0692. The van der Waals surface area contributed by atoms with Crippen LogP contribution in [0.1, 0.15) is 36.6 Å². The maximum atomic E-state index is 12.7. The Bertz CT molecular complexity index is 1060. The summed E-state index contributed by atoms with van der Waals surface area (Å²) in [7, 11) is 3.20. The van der Waals surface area contributed by atoms with Crippen LogP contribution in [0.2, 0.25) is 0 Å². The lowest BCUT2D eigenvalue weighted by atomic mass is 9.98. The third-order valence-electron chi connectivity index (χ3n) is 4.56. The zero-order valence-corrected chi connectivity index (χ0v) is 16.0. The number of hydrogen-bond acceptors (Lipinski definition) is 4. The second-order valence-electron chi connectivity index (χ2n) is 6.32. The van der Waals surface area contributed by atoms with E-state index in [1.165, 1.54) is 17.0 Å². The predicted molar refractivity (Wildman–Crippen MR) is 109 cm³/mol. The second-order valence-corrected chi connectivity index (χ2v) is 6.32. The molecule has 3 aromatic carbocycles. The molecular formula is C23H19NO5. The standard InChI is InChI=1S/C23H19NO5/c1-24(22(26)16-9-13-18(29-2)14-10-16)17-11-7-15(8-12-17)21(25)19-5-3-4-6-20(19)23(27)28/h3-14H,1-2H3,(H,27,28). The average Bonchev–Trinajstić information content (AvgIpc) is 2.77. The number of nitrogens with zero attached hydrogens (tertiary/aromatic N) is 1. The lowest BCUT2D eigenvalue weighted by Crippen LogP contribution is -2.26. The van der Waals surface area contributed by atoms with Gasteiger partial charge in [-0.3, -0.25) is 9.59 Å². The highest BCUT2D eigenvalue weighted by atomic mass is 16.5. The predicted octanol–water partition coefficient (Wildman–Crippen LogP) is 3.90. The summed E-state index contributed by atoms with van der Waals surface area (Å²) in [5.74, 6) is -1.09. The van der Waals surface area contributed by atoms with Gasteiger partial charge in [0.25, 0.3) is 5.91 Å². The Morgan fingerprint density at radius 3 is 1.90 bits per heavy atom. The van der Waals surface area contributed by atoms with Gasteiger partial charge in [-0.15, -0.1) is 0 Å². The Morgan fingerprint density at radius 1 is 0.793 bits per heavy atom. The number of hydrogen-bond donors (Lipinski definition) is 1. The molecule has 0 aliphatic carbocycles. The van der Waals surface area contributed by atoms with Gasteiger partial charge in [0.1, 0.15) is 5.75 Å². The molecule has 29 heavy (non-hydrogen) atoms. The number of carbonyl (C=O) groups is 3. The first-order valence-electron chi connectivity index (χ1n) is 8.81. The number of amides is 1. The Kier molecular flexibility index (Phi) is 5.74. The molecule has 3 aromatic rings. The molecule has 0 saturated heterocycles. The fourth-order valence-electron chi connectivity index (χ4n) is 2.90. The molecule has 0 atom stereocenters. The van der Waals surface area contributed by atoms with Crippen molar-refractivity contribution < 1.29 is 24.2 Å². The average molecular weight is 389 g/mol. The largest absolute Gasteiger partial charge is 0.497 e. The van der Waals surface area contributed by atoms with Crippen molar-refractivity contribution in [2.24, 2.45) is 0 Å². The maximum absolute atomic E-state index is 12.7. The SMILES string of the molecule is COc1ccc(C(=O)N(C)c2ccc(C(=O)c3ccccc3C(=O)O)cc2)cc1. The summed E-state index contributed by atoms with van der Waals surface area (Å²) in [4.78, 5) is 38.2. The van der Waals surface area contributed by atoms with Crippen molar-refractivity contribution in [2.45, 2.75) is 0 Å². The van der Waals surface area contributed by atoms with Crippen molar-refractivity contribution >= 4 is 23.3 Å². The molecule has 146 valence electrons. The van der Waals surface area contributed by atoms with Gasteiger partial charge >= 0.3 is 5.97 Å². The molecule has 0 heterocycles. The summed E-state index contributed by atoms with van der Waals surface area (Å²) in [6.45, 7) is 0. The second kappa shape index (κ2) is 8.39. The monoisotopic (exact) mass is 389 g/mol. The summed E-state index contributed by atoms with van der Waals surface area (Å²) in [5.41, 5.74) is 1.52. The molecular weight excluding hydrogens is 370 g/mol. The molecule has 6 heteroatoms. The summed E-state index contributed by atoms with van der Waals surface area (Å²) in [5, 5.41) is 9.28. The number of aromatic carboxylic acids is 1. The fourth-order valence-corrected chi connectivity index (χ4v) is 2.90. The van der Waals surface area contributed by atoms with Gasteiger partial charge in [0.15, 0.2) is 5.78 Å². The molecule has 1 amide bonds. The first-order chi connectivity index (χ1) is 13.9. The van der Waals surface area contributed by atoms with Gasteiger partial charge < -0.3 is 14.7 Å². The van der Waals surface area contributed by atoms with E-state index in [4.69, 9.17) is 4.74 Å². The summed E-state index contributed by atoms with van der Waals surface area (Å²) >= 11 is 0. The van der Waals surface area contributed by atoms with E-state index in [9.17, 15) is 19.5 Å². The summed E-state index contributed by atoms with van der Waals surface area (Å²) < 4.78 is 5.10. The lowest BCUT2D eigenvalue weighted by Gasteiger charge is -2.18. The number of carboxylic acids is 1. The van der Waals surface area contributed by atoms with Crippen LogP contribution in [0.5, 0.6) is 5.75 Å². The van der Waals surface area contributed by atoms with E-state index in [1.807, 2.05) is 0 Å². The van der Waals surface area contributed by atoms with Gasteiger partial charge in [-0.05, 0) is 54.6 Å². The molecule has 0 bridgehead atoms. The molecule has 0 saturated carbocycles. The Balaban J connectivity index is 1.81. The van der Waals surface area contributed by atoms with Gasteiger partial charge in [0, 0.05) is 29.4 Å². The van der Waals surface area contributed by atoms with Crippen molar-refractivity contribution in [1.29, 1.82) is 0 Å². The Labute approximate surface area is 168 Å². The van der Waals surface area contributed by atoms with Crippen LogP contribution in [0, 0.1) is 0 Å². The molecule has 1 N–H and O–H groups in total. The molecule has 3 rings (SSSR count). The van der Waals surface area contributed by atoms with E-state index in [1.54, 1.807) is 74.8 Å². The Hall–Kier alpha value is -3.93. The van der Waals surface area contributed by atoms with Crippen molar-refractivity contribution in [2.75, 3.05) is 19.1 Å². The van der Waals surface area contributed by atoms with E-state index < -0.39 is 11.8 Å². The highest BCUT2D eigenvalue weighted by Gasteiger charge is 2.18. The van der Waals surface area contributed by atoms with Crippen LogP contribution >= 0.6 is 0 Å². The van der Waals surface area contributed by atoms with E-state index >= 15 is 0 Å². The number of anilines is 1. The quantitative estimate of drug-likeness (QED) is 0.647. The van der Waals surface area contributed by atoms with Gasteiger partial charge in [-0.1, -0.05) is 18.2 Å². The van der Waals surface area contributed by atoms with Gasteiger partial charge in [-0.25, -0.2) is 4.79 Å². The van der Waals surface area contributed by atoms with Crippen LogP contribution in [-0.2, 0) is 0 Å². The minimum Gasteiger partial charge on any atom is -0.497 e. The number of ether oxygens (including phenoxy) is 1. The topological polar surface area (TPSA) is 83.9 Å². The summed E-state index contributed by atoms with van der Waals surface area (Å²) in [6, 6.07) is 19.3. The molecule has 0 fully saturated rings. The van der Waals surface area contributed by atoms with Crippen LogP contribution in [-0.4, -0.2) is 36.9 Å². The van der Waals surface area contributed by atoms with Gasteiger partial charge in [0.2, 0.25) is 0 Å². The number of carbonyl (C=O) groups excluding carboxylic acids is 2. The third kappa shape index (κ3) is 4.16. The van der Waals surface area contributed by atoms with E-state index in [-0.39, 0.29) is 17.0 Å². The van der Waals surface area contributed by atoms with Crippen LogP contribution in [0.4, 0.5) is 5.69 Å². The zero-order valence-electron chi connectivity index (χ0n) is 16.0. The van der Waals surface area contributed by atoms with E-state index in [2.05, 4.69) is 0 Å². The highest BCUT2D eigenvalue weighted by Crippen LogP contribution is 2.21. The zero-order chi connectivity index (χ0) is 21.0. The fraction of sp³-hybridized carbons (Fsp3) is 0.0870. The maximum Gasteiger partial charge on any atom is 0.336 e. The van der Waals surface area contributed by atoms with Crippen LogP contribution < -0.4 is 9.64 Å². The molecule has 6 nitrogen and oxygen atoms in total. The number of carboxylic acid groups (broad SMARTS) is 1. The van der Waals surface area contributed by atoms with Gasteiger partial charge in [0.05, 0.1) is 12.7 Å². The van der Waals surface area contributed by atoms with Crippen molar-refractivity contribution in [3.63, 3.8) is 0 Å². The first-order valence-corrected chi connectivity index (χ1v) is 8.81. The third-order valence-corrected chi connectivity index (χ3v) is 4.56.